The average Bonchev–Trinajstić information content (AvgIpc) is 2.78. The van der Waals surface area contributed by atoms with Crippen molar-refractivity contribution in [2.24, 2.45) is 0 Å². The Labute approximate surface area is 178 Å². The molecule has 1 aliphatic heterocycles. The number of morpholine rings is 1. The molecule has 0 radical (unpaired) electrons. The summed E-state index contributed by atoms with van der Waals surface area (Å²) < 4.78 is 5.39. The maximum Gasteiger partial charge on any atom is 0.257 e. The number of aryl methyl sites for hydroxylation is 1. The van der Waals surface area contributed by atoms with E-state index in [1.54, 1.807) is 18.2 Å². The molecular formula is C24H31N3O3. The van der Waals surface area contributed by atoms with Gasteiger partial charge in [-0.2, -0.15) is 0 Å². The number of nitrogens with one attached hydrogen (secondary N) is 2. The van der Waals surface area contributed by atoms with Crippen LogP contribution in [0.2, 0.25) is 0 Å². The summed E-state index contributed by atoms with van der Waals surface area (Å²) in [7, 11) is 0. The molecule has 0 aliphatic carbocycles. The lowest BCUT2D eigenvalue weighted by atomic mass is 10.1. The largest absolute Gasteiger partial charge is 0.379 e. The van der Waals surface area contributed by atoms with Gasteiger partial charge in [-0.15, -0.1) is 0 Å². The summed E-state index contributed by atoms with van der Waals surface area (Å²) >= 11 is 0. The van der Waals surface area contributed by atoms with Crippen LogP contribution in [0.4, 0.5) is 11.4 Å². The van der Waals surface area contributed by atoms with Gasteiger partial charge in [-0.05, 0) is 43.5 Å². The van der Waals surface area contributed by atoms with Crippen molar-refractivity contribution in [1.82, 2.24) is 4.90 Å². The fourth-order valence-electron chi connectivity index (χ4n) is 3.68. The molecule has 0 aromatic heterocycles. The normalized spacial score (nSPS) is 15.4. The minimum Gasteiger partial charge on any atom is -0.379 e. The number of hydrogen-bond donors (Lipinski definition) is 2. The van der Waals surface area contributed by atoms with Gasteiger partial charge in [0.25, 0.3) is 5.91 Å². The van der Waals surface area contributed by atoms with Gasteiger partial charge in [0, 0.05) is 31.2 Å². The van der Waals surface area contributed by atoms with Crippen LogP contribution in [0.1, 0.15) is 42.6 Å². The molecule has 1 atom stereocenters. The van der Waals surface area contributed by atoms with Crippen LogP contribution in [-0.4, -0.2) is 49.1 Å². The van der Waals surface area contributed by atoms with E-state index in [2.05, 4.69) is 29.4 Å². The number of anilines is 2. The van der Waals surface area contributed by atoms with E-state index < -0.39 is 0 Å². The van der Waals surface area contributed by atoms with Gasteiger partial charge in [0.05, 0.1) is 24.5 Å². The number of carbonyl (C=O) groups is 2. The van der Waals surface area contributed by atoms with Gasteiger partial charge in [0.1, 0.15) is 0 Å². The summed E-state index contributed by atoms with van der Waals surface area (Å²) in [6, 6.07) is 15.2. The number of rotatable bonds is 8. The molecule has 160 valence electrons. The Kier molecular flexibility index (Phi) is 7.99. The van der Waals surface area contributed by atoms with E-state index >= 15 is 0 Å². The third kappa shape index (κ3) is 5.90. The fourth-order valence-corrected chi connectivity index (χ4v) is 3.68. The van der Waals surface area contributed by atoms with Gasteiger partial charge < -0.3 is 15.4 Å². The number of hydrogen-bond acceptors (Lipinski definition) is 4. The first-order valence-corrected chi connectivity index (χ1v) is 10.7. The number of benzene rings is 2. The van der Waals surface area contributed by atoms with Crippen molar-refractivity contribution in [2.45, 2.75) is 39.2 Å². The lowest BCUT2D eigenvalue weighted by molar-refractivity contribution is -0.116. The highest BCUT2D eigenvalue weighted by Crippen LogP contribution is 2.21. The molecule has 6 nitrogen and oxygen atoms in total. The van der Waals surface area contributed by atoms with E-state index in [0.29, 0.717) is 23.7 Å². The van der Waals surface area contributed by atoms with E-state index in [-0.39, 0.29) is 11.8 Å². The average molecular weight is 410 g/mol. The van der Waals surface area contributed by atoms with Crippen molar-refractivity contribution in [3.63, 3.8) is 0 Å². The van der Waals surface area contributed by atoms with Crippen LogP contribution in [0.25, 0.3) is 0 Å². The first kappa shape index (κ1) is 22.0. The van der Waals surface area contributed by atoms with Crippen molar-refractivity contribution in [1.29, 1.82) is 0 Å². The molecule has 0 unspecified atom stereocenters. The van der Waals surface area contributed by atoms with Crippen molar-refractivity contribution in [3.05, 3.63) is 59.7 Å². The molecule has 0 saturated carbocycles. The Morgan fingerprint density at radius 3 is 2.40 bits per heavy atom. The van der Waals surface area contributed by atoms with Gasteiger partial charge in [-0.25, -0.2) is 0 Å². The minimum absolute atomic E-state index is 0.0793. The number of para-hydroxylation sites is 2. The zero-order valence-corrected chi connectivity index (χ0v) is 17.8. The molecule has 1 saturated heterocycles. The second-order valence-electron chi connectivity index (χ2n) is 7.59. The second-order valence-corrected chi connectivity index (χ2v) is 7.59. The lowest BCUT2D eigenvalue weighted by Gasteiger charge is -2.32. The predicted molar refractivity (Wildman–Crippen MR) is 120 cm³/mol. The number of ether oxygens (including phenoxy) is 1. The Morgan fingerprint density at radius 1 is 1.00 bits per heavy atom. The van der Waals surface area contributed by atoms with E-state index in [4.69, 9.17) is 4.74 Å². The van der Waals surface area contributed by atoms with E-state index in [9.17, 15) is 9.59 Å². The molecule has 3 rings (SSSR count). The standard InChI is InChI=1S/C24H31N3O3/c1-3-19-8-4-6-10-21(19)26-24(29)20-9-5-7-11-22(20)25-23(28)13-12-18(2)27-14-16-30-17-15-27/h4-11,18H,3,12-17H2,1-2H3,(H,25,28)(H,26,29)/t18-/m1/s1. The second kappa shape index (κ2) is 10.9. The van der Waals surface area contributed by atoms with Crippen molar-refractivity contribution < 1.29 is 14.3 Å². The SMILES string of the molecule is CCc1ccccc1NC(=O)c1ccccc1NC(=O)CC[C@@H](C)N1CCOCC1. The van der Waals surface area contributed by atoms with Gasteiger partial charge in [-0.1, -0.05) is 37.3 Å². The van der Waals surface area contributed by atoms with Gasteiger partial charge >= 0.3 is 0 Å². The quantitative estimate of drug-likeness (QED) is 0.693. The number of nitrogens with zero attached hydrogens (tertiary/aromatic N) is 1. The van der Waals surface area contributed by atoms with E-state index in [1.165, 1.54) is 0 Å². The highest BCUT2D eigenvalue weighted by atomic mass is 16.5. The molecule has 1 aliphatic rings. The third-order valence-corrected chi connectivity index (χ3v) is 5.55. The number of carbonyl (C=O) groups excluding carboxylic acids is 2. The van der Waals surface area contributed by atoms with E-state index in [0.717, 1.165) is 50.4 Å². The smallest absolute Gasteiger partial charge is 0.257 e. The molecule has 1 fully saturated rings. The zero-order chi connectivity index (χ0) is 21.3. The molecule has 2 amide bonds. The third-order valence-electron chi connectivity index (χ3n) is 5.55. The lowest BCUT2D eigenvalue weighted by Crippen LogP contribution is -2.42. The number of amides is 2. The Balaban J connectivity index is 1.60. The Hall–Kier alpha value is -2.70. The topological polar surface area (TPSA) is 70.7 Å². The maximum atomic E-state index is 12.9. The summed E-state index contributed by atoms with van der Waals surface area (Å²) in [4.78, 5) is 27.8. The van der Waals surface area contributed by atoms with Crippen LogP contribution in [0.15, 0.2) is 48.5 Å². The van der Waals surface area contributed by atoms with E-state index in [1.807, 2.05) is 30.3 Å². The van der Waals surface area contributed by atoms with Crippen LogP contribution in [-0.2, 0) is 16.0 Å². The maximum absolute atomic E-state index is 12.9. The van der Waals surface area contributed by atoms with Crippen molar-refractivity contribution in [2.75, 3.05) is 36.9 Å². The molecule has 2 aromatic carbocycles. The first-order valence-electron chi connectivity index (χ1n) is 10.7. The molecule has 2 aromatic rings. The Morgan fingerprint density at radius 2 is 1.67 bits per heavy atom. The van der Waals surface area contributed by atoms with Crippen LogP contribution in [0.5, 0.6) is 0 Å². The monoisotopic (exact) mass is 409 g/mol. The van der Waals surface area contributed by atoms with Crippen LogP contribution in [0, 0.1) is 0 Å². The molecule has 2 N–H and O–H groups in total. The molecule has 1 heterocycles. The van der Waals surface area contributed by atoms with Crippen molar-refractivity contribution in [3.8, 4) is 0 Å². The van der Waals surface area contributed by atoms with Gasteiger partial charge in [-0.3, -0.25) is 14.5 Å². The summed E-state index contributed by atoms with van der Waals surface area (Å²) in [6.45, 7) is 7.51. The summed E-state index contributed by atoms with van der Waals surface area (Å²) in [5.74, 6) is -0.308. The summed E-state index contributed by atoms with van der Waals surface area (Å²) in [6.07, 6.45) is 2.01. The van der Waals surface area contributed by atoms with Crippen LogP contribution < -0.4 is 10.6 Å². The zero-order valence-electron chi connectivity index (χ0n) is 17.8. The van der Waals surface area contributed by atoms with Crippen LogP contribution >= 0.6 is 0 Å². The molecule has 0 bridgehead atoms. The van der Waals surface area contributed by atoms with Gasteiger partial charge in [0.2, 0.25) is 5.91 Å². The molecule has 0 spiro atoms. The predicted octanol–water partition coefficient (Wildman–Crippen LogP) is 3.94. The highest BCUT2D eigenvalue weighted by Gasteiger charge is 2.19. The van der Waals surface area contributed by atoms with Crippen LogP contribution in [0.3, 0.4) is 0 Å². The Bertz CT molecular complexity index is 862. The first-order chi connectivity index (χ1) is 14.6. The highest BCUT2D eigenvalue weighted by molar-refractivity contribution is 6.10. The molecule has 30 heavy (non-hydrogen) atoms. The van der Waals surface area contributed by atoms with Crippen molar-refractivity contribution >= 4 is 23.2 Å². The molecular weight excluding hydrogens is 378 g/mol. The summed E-state index contributed by atoms with van der Waals surface area (Å²) in [5.41, 5.74) is 2.86. The summed E-state index contributed by atoms with van der Waals surface area (Å²) in [5, 5.41) is 5.90. The van der Waals surface area contributed by atoms with Gasteiger partial charge in [0.15, 0.2) is 0 Å². The fraction of sp³-hybridized carbons (Fsp3) is 0.417. The minimum atomic E-state index is -0.228. The molecule has 6 heteroatoms.